The SMILES string of the molecule is CC[C@@]1(O)C(=O)OCc2c1cc1n(c2=O)Cc2c-1nc1cc(F)c3c(c1c2CNC(=O)COCNC(=O)CNC(=O)[C@H](Cc1ccccc1)NC(=O)CNC(=O)CNC(=O)CC[C@H](NC(=O)CCCC#Cc1cnc(S(C)(=O)=O)nc1)C(=O)NCCOCCOCCOCCOCCOCCOCCOCCOC)CCC3. The van der Waals surface area contributed by atoms with Crippen molar-refractivity contribution in [1.29, 1.82) is 0 Å². The Morgan fingerprint density at radius 2 is 1.25 bits per heavy atom. The molecule has 8 amide bonds. The number of amides is 8. The molecule has 0 bridgehead atoms. The number of sulfone groups is 1. The van der Waals surface area contributed by atoms with Crippen LogP contribution in [-0.2, 0) is 145 Å². The Morgan fingerprint density at radius 3 is 1.89 bits per heavy atom. The lowest BCUT2D eigenvalue weighted by Crippen LogP contribution is -2.52. The first-order chi connectivity index (χ1) is 54.1. The lowest BCUT2D eigenvalue weighted by atomic mass is 9.86. The highest BCUT2D eigenvalue weighted by Crippen LogP contribution is 2.43. The van der Waals surface area contributed by atoms with E-state index in [4.69, 9.17) is 52.4 Å². The number of ether oxygens (including phenoxy) is 10. The Bertz CT molecular complexity index is 4320. The van der Waals surface area contributed by atoms with Gasteiger partial charge in [0.2, 0.25) is 62.3 Å². The fourth-order valence-corrected chi connectivity index (χ4v) is 12.6. The zero-order valence-electron chi connectivity index (χ0n) is 62.9. The molecule has 0 spiro atoms. The predicted octanol–water partition coefficient (Wildman–Crippen LogP) is -0.951. The third-order valence-corrected chi connectivity index (χ3v) is 18.7. The first-order valence-corrected chi connectivity index (χ1v) is 38.7. The summed E-state index contributed by atoms with van der Waals surface area (Å²) in [5, 5.41) is 32.2. The molecule has 0 unspecified atom stereocenters. The van der Waals surface area contributed by atoms with Crippen LogP contribution >= 0.6 is 0 Å². The number of nitrogens with one attached hydrogen (secondary N) is 8. The summed E-state index contributed by atoms with van der Waals surface area (Å²) >= 11 is 0. The maximum absolute atomic E-state index is 15.6. The van der Waals surface area contributed by atoms with Gasteiger partial charge in [-0.2, -0.15) is 0 Å². The molecular weight excluding hydrogens is 1490 g/mol. The van der Waals surface area contributed by atoms with E-state index in [9.17, 15) is 61.5 Å². The number of pyridine rings is 2. The van der Waals surface area contributed by atoms with Gasteiger partial charge in [-0.15, -0.1) is 0 Å². The molecule has 5 aromatic rings. The molecule has 112 heavy (non-hydrogen) atoms. The van der Waals surface area contributed by atoms with Gasteiger partial charge in [0, 0.05) is 87.1 Å². The molecule has 3 aromatic heterocycles. The van der Waals surface area contributed by atoms with Crippen molar-refractivity contribution in [3.63, 3.8) is 0 Å². The molecule has 0 fully saturated rings. The molecule has 0 saturated carbocycles. The maximum Gasteiger partial charge on any atom is 0.343 e. The molecular formula is C75H97FN12O23S. The highest BCUT2D eigenvalue weighted by atomic mass is 32.2. The summed E-state index contributed by atoms with van der Waals surface area (Å²) in [5.41, 5.74) is 2.05. The number of esters is 1. The van der Waals surface area contributed by atoms with Crippen LogP contribution in [0.1, 0.15) is 96.4 Å². The summed E-state index contributed by atoms with van der Waals surface area (Å²) in [5.74, 6) is -1.16. The standard InChI is InChI=1S/C75H97FN12O23S/c1-4-75(99)56-37-61-69-54(45-88(61)72(97)55(56)46-111-73(75)98)53(68-52-16-11-15-51(52)57(76)38-59(68)87-69)41-78-67(94)47-110-48-84-65(92)43-81-71(96)60(36-49-12-7-5-8-13-49)86-66(93)44-80-64(91)42-79-62(89)19-18-58(85-63(90)17-10-6-9-14-50-39-82-74(83-40-50)112(3,100)101)70(95)77-20-21-103-24-25-105-28-29-107-32-33-109-35-34-108-31-30-106-27-26-104-23-22-102-2/h5,7-8,12-13,37-40,58,60,99H,4,6,10-11,15-36,41-48H2,1-3H3,(H,77,95)(H,78,94)(H,79,89)(H,80,91)(H,81,96)(H,84,92)(H,85,90)(H,86,93)/t58-,60-,75-/m0/s1. The molecule has 5 heterocycles. The Labute approximate surface area is 646 Å². The third kappa shape index (κ3) is 27.2. The second kappa shape index (κ2) is 45.6. The van der Waals surface area contributed by atoms with Gasteiger partial charge in [-0.1, -0.05) is 49.1 Å². The van der Waals surface area contributed by atoms with Crippen LogP contribution < -0.4 is 48.1 Å². The van der Waals surface area contributed by atoms with E-state index in [0.717, 1.165) is 11.8 Å². The molecule has 35 nitrogen and oxygen atoms in total. The molecule has 2 aromatic carbocycles. The number of aliphatic hydroxyl groups is 1. The second-order valence-electron chi connectivity index (χ2n) is 25.9. The average Bonchev–Trinajstić information content (AvgIpc) is 1.61. The van der Waals surface area contributed by atoms with Gasteiger partial charge in [-0.25, -0.2) is 32.6 Å². The largest absolute Gasteiger partial charge is 0.458 e. The number of carbonyl (C=O) groups is 9. The molecule has 8 rings (SSSR count). The van der Waals surface area contributed by atoms with Crippen molar-refractivity contribution in [1.82, 2.24) is 62.1 Å². The number of methoxy groups -OCH3 is 1. The minimum absolute atomic E-state index is 0.0246. The first-order valence-electron chi connectivity index (χ1n) is 36.8. The molecule has 37 heteroatoms. The molecule has 0 radical (unpaired) electrons. The Morgan fingerprint density at radius 1 is 0.661 bits per heavy atom. The number of nitrogens with zero attached hydrogens (tertiary/aromatic N) is 4. The second-order valence-corrected chi connectivity index (χ2v) is 27.9. The summed E-state index contributed by atoms with van der Waals surface area (Å²) in [6.45, 7) is 4.04. The van der Waals surface area contributed by atoms with Crippen LogP contribution in [0.2, 0.25) is 0 Å². The van der Waals surface area contributed by atoms with Gasteiger partial charge < -0.3 is 99.6 Å². The van der Waals surface area contributed by atoms with Crippen LogP contribution in [0, 0.1) is 17.7 Å². The van der Waals surface area contributed by atoms with Crippen LogP contribution in [0.3, 0.4) is 0 Å². The number of rotatable bonds is 50. The zero-order chi connectivity index (χ0) is 80.3. The van der Waals surface area contributed by atoms with E-state index in [2.05, 4.69) is 64.3 Å². The van der Waals surface area contributed by atoms with E-state index >= 15 is 4.39 Å². The molecule has 2 aliphatic heterocycles. The summed E-state index contributed by atoms with van der Waals surface area (Å²) in [4.78, 5) is 145. The number of hydrogen-bond donors (Lipinski definition) is 9. The van der Waals surface area contributed by atoms with Crippen LogP contribution in [0.4, 0.5) is 4.39 Å². The predicted molar refractivity (Wildman–Crippen MR) is 396 cm³/mol. The van der Waals surface area contributed by atoms with Crippen molar-refractivity contribution in [2.45, 2.75) is 114 Å². The van der Waals surface area contributed by atoms with E-state index in [1.807, 2.05) is 0 Å². The third-order valence-electron chi connectivity index (χ3n) is 17.8. The summed E-state index contributed by atoms with van der Waals surface area (Å²) in [6.07, 6.45) is 5.07. The van der Waals surface area contributed by atoms with Crippen molar-refractivity contribution in [2.24, 2.45) is 0 Å². The van der Waals surface area contributed by atoms with Crippen molar-refractivity contribution < 1.29 is 108 Å². The Hall–Kier alpha value is -9.85. The van der Waals surface area contributed by atoms with Gasteiger partial charge in [-0.05, 0) is 66.8 Å². The van der Waals surface area contributed by atoms with Crippen LogP contribution in [0.25, 0.3) is 22.3 Å². The lowest BCUT2D eigenvalue weighted by molar-refractivity contribution is -0.172. The number of cyclic esters (lactones) is 1. The van der Waals surface area contributed by atoms with Crippen molar-refractivity contribution in [3.05, 3.63) is 116 Å². The Kier molecular flexibility index (Phi) is 35.7. The number of benzene rings is 2. The quantitative estimate of drug-likeness (QED) is 0.00731. The molecule has 608 valence electrons. The highest BCUT2D eigenvalue weighted by Gasteiger charge is 2.46. The van der Waals surface area contributed by atoms with E-state index in [0.29, 0.717) is 149 Å². The van der Waals surface area contributed by atoms with Gasteiger partial charge >= 0.3 is 5.97 Å². The van der Waals surface area contributed by atoms with Gasteiger partial charge in [0.25, 0.3) is 5.56 Å². The monoisotopic (exact) mass is 1580 g/mol. The number of aromatic nitrogens is 4. The van der Waals surface area contributed by atoms with E-state index in [-0.39, 0.29) is 107 Å². The smallest absolute Gasteiger partial charge is 0.343 e. The molecule has 3 atom stereocenters. The minimum Gasteiger partial charge on any atom is -0.458 e. The fourth-order valence-electron chi connectivity index (χ4n) is 12.1. The van der Waals surface area contributed by atoms with E-state index in [1.54, 1.807) is 50.4 Å². The lowest BCUT2D eigenvalue weighted by Gasteiger charge is -2.31. The normalized spacial score (nSPS) is 14.4. The molecule has 3 aliphatic rings. The summed E-state index contributed by atoms with van der Waals surface area (Å²) in [7, 11) is -1.99. The topological polar surface area (TPSA) is 457 Å². The fraction of sp³-hybridized carbons (Fsp3) is 0.533. The molecule has 9 N–H and O–H groups in total. The zero-order valence-corrected chi connectivity index (χ0v) is 63.7. The van der Waals surface area contributed by atoms with Crippen molar-refractivity contribution in [2.75, 3.05) is 152 Å². The van der Waals surface area contributed by atoms with Gasteiger partial charge in [0.15, 0.2) is 5.60 Å². The van der Waals surface area contributed by atoms with Gasteiger partial charge in [0.1, 0.15) is 37.8 Å². The number of hydrogen-bond acceptors (Lipinski definition) is 26. The first kappa shape index (κ1) is 87.7. The highest BCUT2D eigenvalue weighted by molar-refractivity contribution is 7.90. The minimum atomic E-state index is -3.61. The molecule has 0 saturated heterocycles. The number of aryl methyl sites for hydroxylation is 1. The summed E-state index contributed by atoms with van der Waals surface area (Å²) < 4.78 is 94.4. The maximum atomic E-state index is 15.6. The molecule has 1 aliphatic carbocycles. The number of carbonyl (C=O) groups excluding carboxylic acids is 9. The summed E-state index contributed by atoms with van der Waals surface area (Å²) in [6, 6.07) is 9.04. The van der Waals surface area contributed by atoms with Gasteiger partial charge in [-0.3, -0.25) is 43.2 Å². The average molecular weight is 1590 g/mol. The van der Waals surface area contributed by atoms with Crippen molar-refractivity contribution in [3.8, 4) is 23.2 Å². The van der Waals surface area contributed by atoms with E-state index < -0.39 is 125 Å². The Balaban J connectivity index is 0.731. The van der Waals surface area contributed by atoms with Crippen LogP contribution in [0.15, 0.2) is 64.8 Å². The number of halogens is 1. The van der Waals surface area contributed by atoms with Crippen molar-refractivity contribution >= 4 is 74.0 Å². The van der Waals surface area contributed by atoms with E-state index in [1.165, 1.54) is 23.0 Å². The number of fused-ring (bicyclic) bond motifs is 7. The van der Waals surface area contributed by atoms with Crippen LogP contribution in [0.5, 0.6) is 0 Å². The van der Waals surface area contributed by atoms with Crippen LogP contribution in [-0.4, -0.2) is 250 Å². The number of unbranched alkanes of at least 4 members (excludes halogenated alkanes) is 1. The van der Waals surface area contributed by atoms with Gasteiger partial charge in [0.05, 0.1) is 153 Å².